The molecule has 0 saturated carbocycles. The molecule has 0 radical (unpaired) electrons. The fraction of sp³-hybridized carbons (Fsp3) is 0.312. The van der Waals surface area contributed by atoms with E-state index in [4.69, 9.17) is 19.7 Å². The number of unbranched alkanes of at least 4 members (excludes halogenated alkanes) is 1. The number of hydrogen-bond acceptors (Lipinski definition) is 6. The molecule has 6 heteroatoms. The molecule has 4 rings (SSSR count). The number of aromatic nitrogens is 3. The van der Waals surface area contributed by atoms with E-state index in [1.807, 2.05) is 79.7 Å². The predicted octanol–water partition coefficient (Wildman–Crippen LogP) is 7.27. The van der Waals surface area contributed by atoms with Gasteiger partial charge in [0, 0.05) is 11.1 Å². The summed E-state index contributed by atoms with van der Waals surface area (Å²) in [4.78, 5) is 26.4. The number of phenols is 1. The molecule has 1 heterocycles. The standard InChI is InChI=1S/C32H35N3O3/c1-3-5-14-24(4-2)32(37)38-21-12-13-23-19-20-27(28(36)22-23)31-34-29(25-15-8-6-9-16-25)33-30(35-31)26-17-10-7-11-18-26/h6-11,15-20,22,24,36H,3-5,12-14,21H2,1-2H3/t24-/m1/s1. The van der Waals surface area contributed by atoms with E-state index in [2.05, 4.69) is 6.92 Å². The van der Waals surface area contributed by atoms with Crippen LogP contribution in [-0.4, -0.2) is 32.6 Å². The summed E-state index contributed by atoms with van der Waals surface area (Å²) in [5.41, 5.74) is 3.25. The molecule has 38 heavy (non-hydrogen) atoms. The van der Waals surface area contributed by atoms with Gasteiger partial charge in [0.05, 0.1) is 18.1 Å². The van der Waals surface area contributed by atoms with Crippen LogP contribution >= 0.6 is 0 Å². The number of rotatable bonds is 12. The summed E-state index contributed by atoms with van der Waals surface area (Å²) in [6.07, 6.45) is 5.19. The number of esters is 1. The lowest BCUT2D eigenvalue weighted by atomic mass is 10.00. The molecule has 0 saturated heterocycles. The first-order valence-corrected chi connectivity index (χ1v) is 13.4. The van der Waals surface area contributed by atoms with E-state index in [1.165, 1.54) is 0 Å². The van der Waals surface area contributed by atoms with Crippen molar-refractivity contribution in [1.29, 1.82) is 0 Å². The van der Waals surface area contributed by atoms with E-state index in [0.29, 0.717) is 42.5 Å². The summed E-state index contributed by atoms with van der Waals surface area (Å²) in [5.74, 6) is 1.49. The Labute approximate surface area is 224 Å². The maximum atomic E-state index is 12.3. The number of aromatic hydroxyl groups is 1. The molecule has 0 spiro atoms. The van der Waals surface area contributed by atoms with Crippen LogP contribution in [0.5, 0.6) is 5.75 Å². The normalized spacial score (nSPS) is 11.7. The van der Waals surface area contributed by atoms with Gasteiger partial charge in [-0.25, -0.2) is 15.0 Å². The second-order valence-corrected chi connectivity index (χ2v) is 9.41. The monoisotopic (exact) mass is 509 g/mol. The Hall–Kier alpha value is -4.06. The molecule has 0 aliphatic carbocycles. The number of nitrogens with zero attached hydrogens (tertiary/aromatic N) is 3. The van der Waals surface area contributed by atoms with Gasteiger partial charge in [0.25, 0.3) is 0 Å². The minimum atomic E-state index is -0.0996. The minimum Gasteiger partial charge on any atom is -0.507 e. The van der Waals surface area contributed by atoms with Crippen molar-refractivity contribution in [2.45, 2.75) is 52.4 Å². The lowest BCUT2D eigenvalue weighted by molar-refractivity contribution is -0.149. The second kappa shape index (κ2) is 13.5. The topological polar surface area (TPSA) is 85.2 Å². The number of carbonyl (C=O) groups excluding carboxylic acids is 1. The molecule has 1 atom stereocenters. The van der Waals surface area contributed by atoms with Crippen LogP contribution in [0.15, 0.2) is 78.9 Å². The third-order valence-electron chi connectivity index (χ3n) is 6.59. The van der Waals surface area contributed by atoms with Crippen LogP contribution in [-0.2, 0) is 16.0 Å². The van der Waals surface area contributed by atoms with Gasteiger partial charge >= 0.3 is 5.97 Å². The summed E-state index contributed by atoms with van der Waals surface area (Å²) in [6, 6.07) is 25.0. The maximum absolute atomic E-state index is 12.3. The predicted molar refractivity (Wildman–Crippen MR) is 150 cm³/mol. The summed E-state index contributed by atoms with van der Waals surface area (Å²) in [6.45, 7) is 4.53. The Morgan fingerprint density at radius 3 is 1.97 bits per heavy atom. The first kappa shape index (κ1) is 27.0. The summed E-state index contributed by atoms with van der Waals surface area (Å²) in [5, 5.41) is 10.9. The van der Waals surface area contributed by atoms with Gasteiger partial charge in [0.2, 0.25) is 0 Å². The number of benzene rings is 3. The Morgan fingerprint density at radius 1 is 0.816 bits per heavy atom. The molecule has 3 aromatic carbocycles. The third kappa shape index (κ3) is 7.03. The summed E-state index contributed by atoms with van der Waals surface area (Å²) >= 11 is 0. The molecule has 6 nitrogen and oxygen atoms in total. The van der Waals surface area contributed by atoms with Crippen LogP contribution in [0.3, 0.4) is 0 Å². The van der Waals surface area contributed by atoms with Crippen LogP contribution in [0, 0.1) is 5.92 Å². The summed E-state index contributed by atoms with van der Waals surface area (Å²) in [7, 11) is 0. The minimum absolute atomic E-state index is 0.0137. The van der Waals surface area contributed by atoms with Gasteiger partial charge in [-0.05, 0) is 43.4 Å². The molecular weight excluding hydrogens is 474 g/mol. The van der Waals surface area contributed by atoms with Crippen molar-refractivity contribution in [1.82, 2.24) is 15.0 Å². The van der Waals surface area contributed by atoms with E-state index in [-0.39, 0.29) is 17.6 Å². The van der Waals surface area contributed by atoms with Crippen molar-refractivity contribution in [3.05, 3.63) is 84.4 Å². The van der Waals surface area contributed by atoms with Gasteiger partial charge in [-0.1, -0.05) is 93.4 Å². The molecule has 196 valence electrons. The average molecular weight is 510 g/mol. The zero-order chi connectivity index (χ0) is 26.7. The highest BCUT2D eigenvalue weighted by atomic mass is 16.5. The van der Waals surface area contributed by atoms with Crippen molar-refractivity contribution < 1.29 is 14.6 Å². The van der Waals surface area contributed by atoms with E-state index < -0.39 is 0 Å². The van der Waals surface area contributed by atoms with Crippen LogP contribution in [0.2, 0.25) is 0 Å². The number of carbonyl (C=O) groups is 1. The Balaban J connectivity index is 1.49. The van der Waals surface area contributed by atoms with Gasteiger partial charge in [0.15, 0.2) is 17.5 Å². The zero-order valence-corrected chi connectivity index (χ0v) is 22.1. The van der Waals surface area contributed by atoms with Gasteiger partial charge in [-0.15, -0.1) is 0 Å². The first-order valence-electron chi connectivity index (χ1n) is 13.4. The number of ether oxygens (including phenoxy) is 1. The van der Waals surface area contributed by atoms with E-state index >= 15 is 0 Å². The molecule has 0 unspecified atom stereocenters. The highest BCUT2D eigenvalue weighted by Crippen LogP contribution is 2.31. The fourth-order valence-corrected chi connectivity index (χ4v) is 4.36. The van der Waals surface area contributed by atoms with Crippen LogP contribution in [0.4, 0.5) is 0 Å². The lowest BCUT2D eigenvalue weighted by Gasteiger charge is -2.14. The smallest absolute Gasteiger partial charge is 0.308 e. The Morgan fingerprint density at radius 2 is 1.42 bits per heavy atom. The van der Waals surface area contributed by atoms with Crippen LogP contribution in [0.25, 0.3) is 34.2 Å². The Bertz CT molecular complexity index is 1270. The molecule has 1 aromatic heterocycles. The number of phenolic OH excluding ortho intramolecular Hbond substituents is 1. The average Bonchev–Trinajstić information content (AvgIpc) is 2.96. The SMILES string of the molecule is CCCC[C@@H](CC)C(=O)OCCCc1ccc(-c2nc(-c3ccccc3)nc(-c3ccccc3)n2)c(O)c1. The zero-order valence-electron chi connectivity index (χ0n) is 22.1. The molecule has 4 aromatic rings. The second-order valence-electron chi connectivity index (χ2n) is 9.41. The largest absolute Gasteiger partial charge is 0.507 e. The van der Waals surface area contributed by atoms with E-state index in [0.717, 1.165) is 42.4 Å². The maximum Gasteiger partial charge on any atom is 0.308 e. The third-order valence-corrected chi connectivity index (χ3v) is 6.59. The van der Waals surface area contributed by atoms with Crippen LogP contribution < -0.4 is 0 Å². The molecule has 0 fully saturated rings. The highest BCUT2D eigenvalue weighted by Gasteiger charge is 2.18. The van der Waals surface area contributed by atoms with Gasteiger partial charge in [-0.3, -0.25) is 4.79 Å². The first-order chi connectivity index (χ1) is 18.6. The van der Waals surface area contributed by atoms with Crippen molar-refractivity contribution in [3.8, 4) is 39.9 Å². The van der Waals surface area contributed by atoms with Crippen molar-refractivity contribution in [2.24, 2.45) is 5.92 Å². The van der Waals surface area contributed by atoms with Gasteiger partial charge in [-0.2, -0.15) is 0 Å². The number of aryl methyl sites for hydroxylation is 1. The highest BCUT2D eigenvalue weighted by molar-refractivity contribution is 5.72. The lowest BCUT2D eigenvalue weighted by Crippen LogP contribution is -2.18. The molecule has 0 aliphatic heterocycles. The Kier molecular flexibility index (Phi) is 9.57. The van der Waals surface area contributed by atoms with Crippen molar-refractivity contribution in [2.75, 3.05) is 6.61 Å². The van der Waals surface area contributed by atoms with Crippen molar-refractivity contribution in [3.63, 3.8) is 0 Å². The molecule has 0 bridgehead atoms. The summed E-state index contributed by atoms with van der Waals surface area (Å²) < 4.78 is 5.52. The quantitative estimate of drug-likeness (QED) is 0.160. The fourth-order valence-electron chi connectivity index (χ4n) is 4.36. The van der Waals surface area contributed by atoms with Gasteiger partial charge < -0.3 is 9.84 Å². The van der Waals surface area contributed by atoms with E-state index in [9.17, 15) is 9.90 Å². The molecule has 1 N–H and O–H groups in total. The van der Waals surface area contributed by atoms with Crippen LogP contribution in [0.1, 0.15) is 51.5 Å². The molecular formula is C32H35N3O3. The van der Waals surface area contributed by atoms with E-state index in [1.54, 1.807) is 6.07 Å². The molecule has 0 aliphatic rings. The van der Waals surface area contributed by atoms with Gasteiger partial charge in [0.1, 0.15) is 5.75 Å². The number of hydrogen-bond donors (Lipinski definition) is 1. The van der Waals surface area contributed by atoms with Crippen molar-refractivity contribution >= 4 is 5.97 Å². The molecule has 0 amide bonds.